The maximum atomic E-state index is 13.9. The molecule has 1 aliphatic heterocycles. The lowest BCUT2D eigenvalue weighted by molar-refractivity contribution is -0.131. The Morgan fingerprint density at radius 2 is 1.83 bits per heavy atom. The number of nitrogens with zero attached hydrogens (tertiary/aromatic N) is 4. The molecule has 3 heterocycles. The average Bonchev–Trinajstić information content (AvgIpc) is 3.86. The van der Waals surface area contributed by atoms with E-state index >= 15 is 0 Å². The van der Waals surface area contributed by atoms with E-state index in [2.05, 4.69) is 16.8 Å². The molecular weight excluding hydrogens is 647 g/mol. The first kappa shape index (κ1) is 33.6. The van der Waals surface area contributed by atoms with Crippen LogP contribution in [0.3, 0.4) is 0 Å². The number of carbonyl (C=O) groups excluding carboxylic acids is 2. The summed E-state index contributed by atoms with van der Waals surface area (Å²) in [7, 11) is -2.44. The number of nitrogens with one attached hydrogen (secondary N) is 1. The molecule has 2 aliphatic rings. The first-order valence-electron chi connectivity index (χ1n) is 16.4. The summed E-state index contributed by atoms with van der Waals surface area (Å²) in [5, 5.41) is 5.76. The Labute approximate surface area is 285 Å². The Morgan fingerprint density at radius 3 is 2.50 bits per heavy atom. The average molecular weight is 688 g/mol. The van der Waals surface area contributed by atoms with Crippen LogP contribution in [0.15, 0.2) is 68.3 Å². The van der Waals surface area contributed by atoms with Crippen molar-refractivity contribution in [3.05, 3.63) is 81.2 Å². The molecule has 12 heteroatoms. The zero-order valence-corrected chi connectivity index (χ0v) is 29.6. The highest BCUT2D eigenvalue weighted by molar-refractivity contribution is 7.92. The molecule has 0 atom stereocenters. The van der Waals surface area contributed by atoms with Gasteiger partial charge in [-0.2, -0.15) is 0 Å². The number of anilines is 2. The van der Waals surface area contributed by atoms with Crippen molar-refractivity contribution in [2.45, 2.75) is 89.6 Å². The predicted octanol–water partition coefficient (Wildman–Crippen LogP) is 7.65. The van der Waals surface area contributed by atoms with Crippen molar-refractivity contribution in [2.75, 3.05) is 16.7 Å². The van der Waals surface area contributed by atoms with E-state index in [0.29, 0.717) is 39.5 Å². The molecule has 48 heavy (non-hydrogen) atoms. The van der Waals surface area contributed by atoms with E-state index in [1.54, 1.807) is 44.0 Å². The Kier molecular flexibility index (Phi) is 9.32. The SMILES string of the molecule is CCCCC1=NC2(CCCC2)C(=O)N1Cc1ccc(-c2ccccc2S(=O)(=O)Nc2onc(C)c2C)c(N(C)C(=O)c2sccc2C)c1. The maximum absolute atomic E-state index is 13.9. The number of carbonyl (C=O) groups is 2. The van der Waals surface area contributed by atoms with E-state index in [1.165, 1.54) is 17.4 Å². The molecular formula is C36H41N5O5S2. The fraction of sp³-hybridized carbons (Fsp3) is 0.389. The molecule has 2 amide bonds. The van der Waals surface area contributed by atoms with E-state index in [0.717, 1.165) is 61.9 Å². The molecule has 0 unspecified atom stereocenters. The number of aryl methyl sites for hydroxylation is 2. The molecule has 252 valence electrons. The van der Waals surface area contributed by atoms with Crippen molar-refractivity contribution in [3.8, 4) is 11.1 Å². The van der Waals surface area contributed by atoms with E-state index in [9.17, 15) is 18.0 Å². The molecule has 0 bridgehead atoms. The lowest BCUT2D eigenvalue weighted by Gasteiger charge is -2.25. The van der Waals surface area contributed by atoms with Gasteiger partial charge in [-0.25, -0.2) is 13.1 Å². The van der Waals surface area contributed by atoms with Crippen LogP contribution in [-0.4, -0.2) is 48.7 Å². The van der Waals surface area contributed by atoms with Gasteiger partial charge in [-0.1, -0.05) is 61.7 Å². The molecule has 1 spiro atoms. The van der Waals surface area contributed by atoms with Crippen LogP contribution >= 0.6 is 11.3 Å². The lowest BCUT2D eigenvalue weighted by Crippen LogP contribution is -2.40. The van der Waals surface area contributed by atoms with Gasteiger partial charge in [-0.3, -0.25) is 19.5 Å². The number of hydrogen-bond acceptors (Lipinski definition) is 8. The van der Waals surface area contributed by atoms with Crippen LogP contribution in [0.4, 0.5) is 11.6 Å². The number of aromatic nitrogens is 1. The van der Waals surface area contributed by atoms with Crippen LogP contribution in [0.2, 0.25) is 0 Å². The van der Waals surface area contributed by atoms with Crippen LogP contribution in [-0.2, 0) is 21.4 Å². The molecule has 2 aromatic heterocycles. The highest BCUT2D eigenvalue weighted by Gasteiger charge is 2.49. The Balaban J connectivity index is 1.43. The fourth-order valence-corrected chi connectivity index (χ4v) is 8.70. The number of unbranched alkanes of at least 4 members (excludes halogenated alkanes) is 1. The summed E-state index contributed by atoms with van der Waals surface area (Å²) in [5.74, 6) is 0.720. The standard InChI is InChI=1S/C36H41N5O5S2/c1-6-7-14-31-37-36(18-10-11-19-36)35(43)41(31)22-26-15-16-27(29(21-26)40(5)34(42)32-23(2)17-20-47-32)28-12-8-9-13-30(28)48(44,45)39-33-24(3)25(4)38-46-33/h8-9,12-13,15-17,20-21,39H,6-7,10-11,14,18-19,22H2,1-5H3. The van der Waals surface area contributed by atoms with Gasteiger partial charge >= 0.3 is 0 Å². The van der Waals surface area contributed by atoms with Gasteiger partial charge in [0.2, 0.25) is 5.88 Å². The van der Waals surface area contributed by atoms with Crippen LogP contribution in [0.25, 0.3) is 11.1 Å². The van der Waals surface area contributed by atoms with Gasteiger partial charge in [0.05, 0.1) is 27.7 Å². The molecule has 1 aliphatic carbocycles. The first-order chi connectivity index (χ1) is 23.0. The molecule has 1 N–H and O–H groups in total. The second-order valence-corrected chi connectivity index (χ2v) is 15.3. The van der Waals surface area contributed by atoms with Gasteiger partial charge < -0.3 is 9.42 Å². The van der Waals surface area contributed by atoms with Crippen LogP contribution in [0, 0.1) is 20.8 Å². The molecule has 1 fully saturated rings. The van der Waals surface area contributed by atoms with E-state index in [4.69, 9.17) is 9.52 Å². The number of thiophene rings is 1. The highest BCUT2D eigenvalue weighted by Crippen LogP contribution is 2.41. The zero-order chi connectivity index (χ0) is 34.2. The van der Waals surface area contributed by atoms with Crippen LogP contribution in [0.1, 0.15) is 83.9 Å². The third kappa shape index (κ3) is 6.19. The minimum atomic E-state index is -4.13. The number of rotatable bonds is 11. The number of hydrogen-bond donors (Lipinski definition) is 1. The second kappa shape index (κ2) is 13.3. The summed E-state index contributed by atoms with van der Waals surface area (Å²) >= 11 is 1.36. The van der Waals surface area contributed by atoms with Crippen LogP contribution < -0.4 is 9.62 Å². The fourth-order valence-electron chi connectivity index (χ4n) is 6.53. The van der Waals surface area contributed by atoms with Crippen molar-refractivity contribution in [3.63, 3.8) is 0 Å². The number of sulfonamides is 1. The first-order valence-corrected chi connectivity index (χ1v) is 18.7. The highest BCUT2D eigenvalue weighted by atomic mass is 32.2. The Hall–Kier alpha value is -4.29. The van der Waals surface area contributed by atoms with Gasteiger partial charge in [0.25, 0.3) is 21.8 Å². The zero-order valence-electron chi connectivity index (χ0n) is 28.0. The molecule has 0 saturated heterocycles. The van der Waals surface area contributed by atoms with Gasteiger partial charge in [-0.05, 0) is 74.7 Å². The predicted molar refractivity (Wildman–Crippen MR) is 189 cm³/mol. The molecule has 2 aromatic carbocycles. The van der Waals surface area contributed by atoms with Crippen molar-refractivity contribution in [2.24, 2.45) is 4.99 Å². The summed E-state index contributed by atoms with van der Waals surface area (Å²) in [6.07, 6.45) is 6.18. The van der Waals surface area contributed by atoms with E-state index in [1.807, 2.05) is 41.5 Å². The van der Waals surface area contributed by atoms with Crippen molar-refractivity contribution in [1.29, 1.82) is 0 Å². The third-order valence-corrected chi connectivity index (χ3v) is 11.9. The number of benzene rings is 2. The minimum absolute atomic E-state index is 0.0208. The number of aliphatic imine (C=N–C) groups is 1. The quantitative estimate of drug-likeness (QED) is 0.173. The second-order valence-electron chi connectivity index (χ2n) is 12.7. The molecule has 4 aromatic rings. The van der Waals surface area contributed by atoms with Gasteiger partial charge in [-0.15, -0.1) is 11.3 Å². The van der Waals surface area contributed by atoms with E-state index in [-0.39, 0.29) is 22.6 Å². The van der Waals surface area contributed by atoms with Crippen molar-refractivity contribution in [1.82, 2.24) is 10.1 Å². The van der Waals surface area contributed by atoms with Gasteiger partial charge in [0.15, 0.2) is 0 Å². The summed E-state index contributed by atoms with van der Waals surface area (Å²) in [5.41, 5.74) is 3.68. The maximum Gasteiger partial charge on any atom is 0.268 e. The summed E-state index contributed by atoms with van der Waals surface area (Å²) < 4.78 is 35.5. The van der Waals surface area contributed by atoms with Crippen LogP contribution in [0.5, 0.6) is 0 Å². The summed E-state index contributed by atoms with van der Waals surface area (Å²) in [4.78, 5) is 36.9. The largest absolute Gasteiger partial charge is 0.337 e. The lowest BCUT2D eigenvalue weighted by atomic mass is 9.97. The number of amidine groups is 1. The molecule has 6 rings (SSSR count). The third-order valence-electron chi connectivity index (χ3n) is 9.46. The molecule has 0 radical (unpaired) electrons. The summed E-state index contributed by atoms with van der Waals surface area (Å²) in [6, 6.07) is 14.2. The smallest absolute Gasteiger partial charge is 0.268 e. The molecule has 1 saturated carbocycles. The van der Waals surface area contributed by atoms with Gasteiger partial charge in [0.1, 0.15) is 11.4 Å². The van der Waals surface area contributed by atoms with Crippen molar-refractivity contribution < 1.29 is 22.5 Å². The Morgan fingerprint density at radius 1 is 1.08 bits per heavy atom. The van der Waals surface area contributed by atoms with Gasteiger partial charge in [0, 0.05) is 30.2 Å². The molecule has 10 nitrogen and oxygen atoms in total. The monoisotopic (exact) mass is 687 g/mol. The normalized spacial score (nSPS) is 15.7. The number of amides is 2. The van der Waals surface area contributed by atoms with E-state index < -0.39 is 15.6 Å². The minimum Gasteiger partial charge on any atom is -0.337 e. The topological polar surface area (TPSA) is 125 Å². The van der Waals surface area contributed by atoms with Crippen molar-refractivity contribution >= 4 is 50.6 Å². The summed E-state index contributed by atoms with van der Waals surface area (Å²) in [6.45, 7) is 7.80. The Bertz CT molecular complexity index is 2010.